The van der Waals surface area contributed by atoms with Gasteiger partial charge in [-0.3, -0.25) is 4.79 Å². The smallest absolute Gasteiger partial charge is 0.277 e. The highest BCUT2D eigenvalue weighted by atomic mass is 35.5. The van der Waals surface area contributed by atoms with E-state index in [1.165, 1.54) is 12.1 Å². The first-order chi connectivity index (χ1) is 12.4. The number of benzene rings is 2. The SMILES string of the molecule is C/C(=N/NC(=O)COc1cc(Cl)c(Cl)cc1Cl)c1ccc2c(c1)OCO2. The van der Waals surface area contributed by atoms with Gasteiger partial charge in [-0.25, -0.2) is 5.43 Å². The molecule has 1 N–H and O–H groups in total. The van der Waals surface area contributed by atoms with E-state index in [0.29, 0.717) is 22.2 Å². The van der Waals surface area contributed by atoms with Gasteiger partial charge in [0, 0.05) is 11.6 Å². The summed E-state index contributed by atoms with van der Waals surface area (Å²) in [6, 6.07) is 8.29. The second kappa shape index (κ2) is 8.03. The van der Waals surface area contributed by atoms with Crippen LogP contribution in [0.5, 0.6) is 17.2 Å². The minimum Gasteiger partial charge on any atom is -0.482 e. The maximum Gasteiger partial charge on any atom is 0.277 e. The van der Waals surface area contributed by atoms with Gasteiger partial charge in [-0.2, -0.15) is 5.10 Å². The second-order valence-electron chi connectivity index (χ2n) is 5.29. The van der Waals surface area contributed by atoms with Crippen molar-refractivity contribution in [1.82, 2.24) is 5.43 Å². The van der Waals surface area contributed by atoms with E-state index in [4.69, 9.17) is 49.0 Å². The van der Waals surface area contributed by atoms with E-state index in [2.05, 4.69) is 10.5 Å². The van der Waals surface area contributed by atoms with Crippen LogP contribution >= 0.6 is 34.8 Å². The van der Waals surface area contributed by atoms with Gasteiger partial charge >= 0.3 is 0 Å². The molecule has 3 rings (SSSR count). The van der Waals surface area contributed by atoms with Gasteiger partial charge in [0.15, 0.2) is 18.1 Å². The summed E-state index contributed by atoms with van der Waals surface area (Å²) >= 11 is 17.7. The van der Waals surface area contributed by atoms with E-state index in [-0.39, 0.29) is 29.2 Å². The molecule has 1 amide bonds. The van der Waals surface area contributed by atoms with E-state index < -0.39 is 5.91 Å². The van der Waals surface area contributed by atoms with E-state index >= 15 is 0 Å². The Bertz CT molecular complexity index is 887. The molecule has 136 valence electrons. The fourth-order valence-corrected chi connectivity index (χ4v) is 2.71. The molecule has 2 aromatic carbocycles. The van der Waals surface area contributed by atoms with Crippen LogP contribution in [0.4, 0.5) is 0 Å². The lowest BCUT2D eigenvalue weighted by molar-refractivity contribution is -0.123. The molecular weight excluding hydrogens is 403 g/mol. The molecule has 26 heavy (non-hydrogen) atoms. The number of rotatable bonds is 5. The van der Waals surface area contributed by atoms with Gasteiger partial charge in [0.1, 0.15) is 5.75 Å². The van der Waals surface area contributed by atoms with E-state index in [0.717, 1.165) is 5.56 Å². The van der Waals surface area contributed by atoms with Crippen LogP contribution in [0.15, 0.2) is 35.4 Å². The van der Waals surface area contributed by atoms with Crippen LogP contribution in [0.1, 0.15) is 12.5 Å². The number of halogens is 3. The third kappa shape index (κ3) is 4.33. The van der Waals surface area contributed by atoms with Crippen molar-refractivity contribution in [2.24, 2.45) is 5.10 Å². The van der Waals surface area contributed by atoms with Crippen molar-refractivity contribution < 1.29 is 19.0 Å². The number of hydrogen-bond donors (Lipinski definition) is 1. The number of hydrazone groups is 1. The fraction of sp³-hybridized carbons (Fsp3) is 0.176. The van der Waals surface area contributed by atoms with Crippen molar-refractivity contribution in [3.8, 4) is 17.2 Å². The monoisotopic (exact) mass is 414 g/mol. The summed E-state index contributed by atoms with van der Waals surface area (Å²) in [5, 5.41) is 4.89. The minimum absolute atomic E-state index is 0.195. The van der Waals surface area contributed by atoms with Crippen LogP contribution in [0.2, 0.25) is 15.1 Å². The maximum absolute atomic E-state index is 11.9. The lowest BCUT2D eigenvalue weighted by atomic mass is 10.1. The molecule has 0 saturated heterocycles. The standard InChI is InChI=1S/C17H13Cl3N2O4/c1-9(10-2-3-14-16(4-10)26-8-25-14)21-22-17(23)7-24-15-6-12(19)11(18)5-13(15)20/h2-6H,7-8H2,1H3,(H,22,23)/b21-9-. The Morgan fingerprint density at radius 3 is 2.65 bits per heavy atom. The normalized spacial score (nSPS) is 12.8. The Kier molecular flexibility index (Phi) is 5.76. The molecule has 0 aliphatic carbocycles. The van der Waals surface area contributed by atoms with Crippen LogP contribution in [0.3, 0.4) is 0 Å². The summed E-state index contributed by atoms with van der Waals surface area (Å²) in [4.78, 5) is 11.9. The third-order valence-electron chi connectivity index (χ3n) is 3.47. The first kappa shape index (κ1) is 18.6. The van der Waals surface area contributed by atoms with Crippen molar-refractivity contribution in [3.05, 3.63) is 51.0 Å². The molecular formula is C17H13Cl3N2O4. The minimum atomic E-state index is -0.452. The van der Waals surface area contributed by atoms with Crippen LogP contribution in [-0.4, -0.2) is 25.0 Å². The summed E-state index contributed by atoms with van der Waals surface area (Å²) in [6.07, 6.45) is 0. The predicted octanol–water partition coefficient (Wildman–Crippen LogP) is 4.29. The molecule has 1 heterocycles. The Hall–Kier alpha value is -2.15. The largest absolute Gasteiger partial charge is 0.482 e. The number of amides is 1. The van der Waals surface area contributed by atoms with Crippen molar-refractivity contribution >= 4 is 46.4 Å². The number of carbonyl (C=O) groups is 1. The predicted molar refractivity (Wildman–Crippen MR) is 99.9 cm³/mol. The van der Waals surface area contributed by atoms with E-state index in [9.17, 15) is 4.79 Å². The van der Waals surface area contributed by atoms with Gasteiger partial charge in [0.25, 0.3) is 5.91 Å². The first-order valence-electron chi connectivity index (χ1n) is 7.44. The Morgan fingerprint density at radius 2 is 1.85 bits per heavy atom. The highest BCUT2D eigenvalue weighted by Crippen LogP contribution is 2.34. The molecule has 1 aliphatic rings. The van der Waals surface area contributed by atoms with Gasteiger partial charge in [-0.05, 0) is 31.2 Å². The van der Waals surface area contributed by atoms with Crippen molar-refractivity contribution in [3.63, 3.8) is 0 Å². The summed E-state index contributed by atoms with van der Waals surface area (Å²) in [7, 11) is 0. The van der Waals surface area contributed by atoms with E-state index in [1.807, 2.05) is 6.07 Å². The number of fused-ring (bicyclic) bond motifs is 1. The lowest BCUT2D eigenvalue weighted by Crippen LogP contribution is -2.25. The van der Waals surface area contributed by atoms with Crippen molar-refractivity contribution in [1.29, 1.82) is 0 Å². The topological polar surface area (TPSA) is 69.2 Å². The summed E-state index contributed by atoms with van der Waals surface area (Å²) in [5.74, 6) is 1.12. The van der Waals surface area contributed by atoms with Crippen LogP contribution < -0.4 is 19.6 Å². The average Bonchev–Trinajstić information content (AvgIpc) is 3.09. The van der Waals surface area contributed by atoms with Gasteiger partial charge < -0.3 is 14.2 Å². The van der Waals surface area contributed by atoms with Crippen LogP contribution in [0, 0.1) is 0 Å². The molecule has 0 saturated carbocycles. The third-order valence-corrected chi connectivity index (χ3v) is 4.49. The molecule has 0 aromatic heterocycles. The zero-order valence-electron chi connectivity index (χ0n) is 13.5. The molecule has 0 spiro atoms. The highest BCUT2D eigenvalue weighted by molar-refractivity contribution is 6.43. The summed E-state index contributed by atoms with van der Waals surface area (Å²) in [6.45, 7) is 1.67. The fourth-order valence-electron chi connectivity index (χ4n) is 2.12. The zero-order valence-corrected chi connectivity index (χ0v) is 15.8. The number of carbonyl (C=O) groups excluding carboxylic acids is 1. The average molecular weight is 416 g/mol. The summed E-state index contributed by atoms with van der Waals surface area (Å²) in [5.41, 5.74) is 3.81. The van der Waals surface area contributed by atoms with Gasteiger partial charge in [-0.15, -0.1) is 0 Å². The van der Waals surface area contributed by atoms with Crippen molar-refractivity contribution in [2.45, 2.75) is 6.92 Å². The Labute approximate surface area is 164 Å². The number of ether oxygens (including phenoxy) is 3. The van der Waals surface area contributed by atoms with Gasteiger partial charge in [-0.1, -0.05) is 34.8 Å². The molecule has 0 fully saturated rings. The Morgan fingerprint density at radius 1 is 1.12 bits per heavy atom. The zero-order chi connectivity index (χ0) is 18.7. The summed E-state index contributed by atoms with van der Waals surface area (Å²) < 4.78 is 15.9. The Balaban J connectivity index is 1.58. The molecule has 0 atom stereocenters. The van der Waals surface area contributed by atoms with E-state index in [1.54, 1.807) is 19.1 Å². The van der Waals surface area contributed by atoms with Gasteiger partial charge in [0.2, 0.25) is 6.79 Å². The second-order valence-corrected chi connectivity index (χ2v) is 6.51. The van der Waals surface area contributed by atoms with Crippen LogP contribution in [0.25, 0.3) is 0 Å². The molecule has 2 aromatic rings. The molecule has 9 heteroatoms. The molecule has 0 radical (unpaired) electrons. The lowest BCUT2D eigenvalue weighted by Gasteiger charge is -2.09. The maximum atomic E-state index is 11.9. The molecule has 0 unspecified atom stereocenters. The highest BCUT2D eigenvalue weighted by Gasteiger charge is 2.14. The van der Waals surface area contributed by atoms with Gasteiger partial charge in [0.05, 0.1) is 20.8 Å². The number of nitrogens with zero attached hydrogens (tertiary/aromatic N) is 1. The van der Waals surface area contributed by atoms with Crippen LogP contribution in [-0.2, 0) is 4.79 Å². The molecule has 6 nitrogen and oxygen atoms in total. The number of hydrogen-bond acceptors (Lipinski definition) is 5. The van der Waals surface area contributed by atoms with Crippen molar-refractivity contribution in [2.75, 3.05) is 13.4 Å². The molecule has 0 bridgehead atoms. The first-order valence-corrected chi connectivity index (χ1v) is 8.58. The molecule has 1 aliphatic heterocycles. The quantitative estimate of drug-likeness (QED) is 0.449. The number of nitrogens with one attached hydrogen (secondary N) is 1.